The van der Waals surface area contributed by atoms with Crippen LogP contribution in [0.3, 0.4) is 0 Å². The molecule has 0 saturated carbocycles. The summed E-state index contributed by atoms with van der Waals surface area (Å²) in [4.78, 5) is 11.2. The molecule has 1 atom stereocenters. The fourth-order valence-corrected chi connectivity index (χ4v) is 2.34. The maximum atomic E-state index is 11.2. The third kappa shape index (κ3) is 2.28. The molecule has 0 spiro atoms. The average molecular weight is 233 g/mol. The van der Waals surface area contributed by atoms with Crippen molar-refractivity contribution >= 4 is 11.7 Å². The van der Waals surface area contributed by atoms with E-state index < -0.39 is 11.4 Å². The number of para-hydroxylation sites is 1. The maximum Gasteiger partial charge on any atom is 0.309 e. The average Bonchev–Trinajstić information content (AvgIpc) is 2.59. The number of fused-ring (bicyclic) bond motifs is 1. The number of hydrogen-bond acceptors (Lipinski definition) is 2. The first-order chi connectivity index (χ1) is 7.90. The number of carboxylic acids is 1. The van der Waals surface area contributed by atoms with Crippen LogP contribution in [0.25, 0.3) is 0 Å². The van der Waals surface area contributed by atoms with Gasteiger partial charge in [-0.1, -0.05) is 18.2 Å². The van der Waals surface area contributed by atoms with Gasteiger partial charge in [-0.3, -0.25) is 4.79 Å². The number of nitrogens with one attached hydrogen (secondary N) is 1. The van der Waals surface area contributed by atoms with Crippen molar-refractivity contribution < 1.29 is 9.90 Å². The lowest BCUT2D eigenvalue weighted by atomic mass is 9.85. The summed E-state index contributed by atoms with van der Waals surface area (Å²) >= 11 is 0. The van der Waals surface area contributed by atoms with Crippen molar-refractivity contribution in [3.8, 4) is 0 Å². The molecule has 1 aliphatic rings. The Morgan fingerprint density at radius 2 is 2.24 bits per heavy atom. The molecule has 1 aliphatic heterocycles. The van der Waals surface area contributed by atoms with Gasteiger partial charge in [0.25, 0.3) is 0 Å². The molecule has 1 aromatic rings. The number of anilines is 1. The Balaban J connectivity index is 2.30. The van der Waals surface area contributed by atoms with Gasteiger partial charge in [0.2, 0.25) is 0 Å². The van der Waals surface area contributed by atoms with Gasteiger partial charge in [0.05, 0.1) is 5.41 Å². The number of aliphatic carboxylic acids is 1. The predicted octanol–water partition coefficient (Wildman–Crippen LogP) is 2.70. The van der Waals surface area contributed by atoms with E-state index in [-0.39, 0.29) is 0 Å². The minimum Gasteiger partial charge on any atom is -0.481 e. The Hall–Kier alpha value is -1.51. The van der Waals surface area contributed by atoms with Crippen LogP contribution in [0.15, 0.2) is 18.2 Å². The smallest absolute Gasteiger partial charge is 0.309 e. The summed E-state index contributed by atoms with van der Waals surface area (Å²) in [7, 11) is 0. The first kappa shape index (κ1) is 12.0. The van der Waals surface area contributed by atoms with E-state index in [1.165, 1.54) is 5.56 Å². The Bertz CT molecular complexity index is 452. The van der Waals surface area contributed by atoms with Crippen molar-refractivity contribution in [3.63, 3.8) is 0 Å². The van der Waals surface area contributed by atoms with E-state index in [9.17, 15) is 9.90 Å². The summed E-state index contributed by atoms with van der Waals surface area (Å²) in [6, 6.07) is 6.60. The number of hydrogen-bond donors (Lipinski definition) is 2. The van der Waals surface area contributed by atoms with Crippen molar-refractivity contribution in [2.75, 3.05) is 5.32 Å². The highest BCUT2D eigenvalue weighted by molar-refractivity contribution is 5.75. The molecule has 1 heterocycles. The second kappa shape index (κ2) is 4.06. The van der Waals surface area contributed by atoms with Gasteiger partial charge in [-0.25, -0.2) is 0 Å². The molecule has 0 radical (unpaired) electrons. The van der Waals surface area contributed by atoms with E-state index in [2.05, 4.69) is 18.3 Å². The minimum absolute atomic E-state index is 0.444. The van der Waals surface area contributed by atoms with E-state index in [0.717, 1.165) is 17.7 Å². The maximum absolute atomic E-state index is 11.2. The van der Waals surface area contributed by atoms with Crippen LogP contribution >= 0.6 is 0 Å². The molecule has 0 saturated heterocycles. The highest BCUT2D eigenvalue weighted by Crippen LogP contribution is 2.33. The Morgan fingerprint density at radius 3 is 2.88 bits per heavy atom. The molecule has 3 heteroatoms. The van der Waals surface area contributed by atoms with Crippen LogP contribution in [0.5, 0.6) is 0 Å². The Morgan fingerprint density at radius 1 is 1.53 bits per heavy atom. The summed E-state index contributed by atoms with van der Waals surface area (Å²) in [6.07, 6.45) is 1.59. The molecule has 3 nitrogen and oxygen atoms in total. The summed E-state index contributed by atoms with van der Waals surface area (Å²) in [5, 5.41) is 12.6. The molecule has 92 valence electrons. The monoisotopic (exact) mass is 233 g/mol. The summed E-state index contributed by atoms with van der Waals surface area (Å²) in [6.45, 7) is 5.69. The van der Waals surface area contributed by atoms with Crippen molar-refractivity contribution in [1.29, 1.82) is 0 Å². The number of rotatable bonds is 3. The van der Waals surface area contributed by atoms with Crippen LogP contribution in [0.2, 0.25) is 0 Å². The molecule has 0 aliphatic carbocycles. The highest BCUT2D eigenvalue weighted by atomic mass is 16.4. The lowest BCUT2D eigenvalue weighted by molar-refractivity contribution is -0.146. The number of carboxylic acid groups (broad SMARTS) is 1. The third-order valence-corrected chi connectivity index (χ3v) is 3.37. The topological polar surface area (TPSA) is 49.3 Å². The van der Waals surface area contributed by atoms with Gasteiger partial charge in [0, 0.05) is 11.7 Å². The van der Waals surface area contributed by atoms with Crippen LogP contribution in [-0.4, -0.2) is 17.1 Å². The molecule has 2 rings (SSSR count). The molecule has 1 aromatic carbocycles. The molecular weight excluding hydrogens is 214 g/mol. The fraction of sp³-hybridized carbons (Fsp3) is 0.500. The van der Waals surface area contributed by atoms with E-state index >= 15 is 0 Å². The van der Waals surface area contributed by atoms with Gasteiger partial charge in [-0.15, -0.1) is 0 Å². The molecule has 0 bridgehead atoms. The standard InChI is InChI=1S/C14H19NO2/c1-9-7-10-5-4-6-11(12(10)15-9)8-14(2,3)13(16)17/h4-6,9,15H,7-8H2,1-3H3,(H,16,17). The summed E-state index contributed by atoms with van der Waals surface area (Å²) in [5.74, 6) is -0.749. The molecule has 17 heavy (non-hydrogen) atoms. The fourth-order valence-electron chi connectivity index (χ4n) is 2.34. The lowest BCUT2D eigenvalue weighted by Crippen LogP contribution is -2.26. The van der Waals surface area contributed by atoms with Gasteiger partial charge in [0.15, 0.2) is 0 Å². The normalized spacial score (nSPS) is 18.6. The molecule has 0 aromatic heterocycles. The van der Waals surface area contributed by atoms with E-state index in [1.807, 2.05) is 12.1 Å². The number of carbonyl (C=O) groups is 1. The van der Waals surface area contributed by atoms with Gasteiger partial charge in [-0.2, -0.15) is 0 Å². The summed E-state index contributed by atoms with van der Waals surface area (Å²) in [5.41, 5.74) is 2.84. The Kier molecular flexibility index (Phi) is 2.86. The molecule has 2 N–H and O–H groups in total. The van der Waals surface area contributed by atoms with E-state index in [0.29, 0.717) is 12.5 Å². The van der Waals surface area contributed by atoms with Gasteiger partial charge in [-0.05, 0) is 44.7 Å². The van der Waals surface area contributed by atoms with Gasteiger partial charge >= 0.3 is 5.97 Å². The van der Waals surface area contributed by atoms with Crippen LogP contribution in [0.1, 0.15) is 31.9 Å². The second-order valence-corrected chi connectivity index (χ2v) is 5.57. The second-order valence-electron chi connectivity index (χ2n) is 5.57. The van der Waals surface area contributed by atoms with E-state index in [1.54, 1.807) is 13.8 Å². The highest BCUT2D eigenvalue weighted by Gasteiger charge is 2.30. The van der Waals surface area contributed by atoms with Crippen LogP contribution in [-0.2, 0) is 17.6 Å². The molecule has 1 unspecified atom stereocenters. The molecule has 0 fully saturated rings. The first-order valence-corrected chi connectivity index (χ1v) is 6.01. The molecular formula is C14H19NO2. The van der Waals surface area contributed by atoms with Gasteiger partial charge < -0.3 is 10.4 Å². The first-order valence-electron chi connectivity index (χ1n) is 6.01. The van der Waals surface area contributed by atoms with Crippen LogP contribution in [0.4, 0.5) is 5.69 Å². The predicted molar refractivity (Wildman–Crippen MR) is 68.4 cm³/mol. The van der Waals surface area contributed by atoms with Crippen molar-refractivity contribution in [1.82, 2.24) is 0 Å². The lowest BCUT2D eigenvalue weighted by Gasteiger charge is -2.21. The molecule has 0 amide bonds. The quantitative estimate of drug-likeness (QED) is 0.844. The zero-order chi connectivity index (χ0) is 12.6. The Labute approximate surface area is 102 Å². The largest absolute Gasteiger partial charge is 0.481 e. The SMILES string of the molecule is CC1Cc2cccc(CC(C)(C)C(=O)O)c2N1. The van der Waals surface area contributed by atoms with Crippen LogP contribution < -0.4 is 5.32 Å². The van der Waals surface area contributed by atoms with Crippen molar-refractivity contribution in [3.05, 3.63) is 29.3 Å². The van der Waals surface area contributed by atoms with Crippen molar-refractivity contribution in [2.24, 2.45) is 5.41 Å². The zero-order valence-electron chi connectivity index (χ0n) is 10.6. The van der Waals surface area contributed by atoms with Crippen molar-refractivity contribution in [2.45, 2.75) is 39.7 Å². The van der Waals surface area contributed by atoms with Crippen LogP contribution in [0, 0.1) is 5.41 Å². The summed E-state index contributed by atoms with van der Waals surface area (Å²) < 4.78 is 0. The zero-order valence-corrected chi connectivity index (χ0v) is 10.6. The van der Waals surface area contributed by atoms with Gasteiger partial charge in [0.1, 0.15) is 0 Å². The van der Waals surface area contributed by atoms with E-state index in [4.69, 9.17) is 0 Å². The third-order valence-electron chi connectivity index (χ3n) is 3.37. The number of benzene rings is 1. The minimum atomic E-state index is -0.749.